The van der Waals surface area contributed by atoms with Gasteiger partial charge in [-0.3, -0.25) is 14.2 Å². The monoisotopic (exact) mass is 277 g/mol. The predicted octanol–water partition coefficient (Wildman–Crippen LogP) is 0.265. The number of carboxylic acids is 1. The first-order valence-corrected chi connectivity index (χ1v) is 6.08. The third-order valence-corrected chi connectivity index (χ3v) is 2.81. The molecule has 0 bridgehead atoms. The van der Waals surface area contributed by atoms with E-state index in [9.17, 15) is 9.59 Å². The van der Waals surface area contributed by atoms with E-state index in [1.165, 1.54) is 10.9 Å². The van der Waals surface area contributed by atoms with E-state index in [1.54, 1.807) is 24.0 Å². The zero-order chi connectivity index (χ0) is 14.7. The zero-order valence-electron chi connectivity index (χ0n) is 11.2. The molecular formula is C12H15N5O3. The summed E-state index contributed by atoms with van der Waals surface area (Å²) in [4.78, 5) is 23.0. The molecule has 0 fully saturated rings. The molecule has 0 aliphatic heterocycles. The number of rotatable bonds is 5. The van der Waals surface area contributed by atoms with Crippen molar-refractivity contribution in [3.05, 3.63) is 35.4 Å². The van der Waals surface area contributed by atoms with Gasteiger partial charge in [-0.25, -0.2) is 4.79 Å². The van der Waals surface area contributed by atoms with Crippen LogP contribution in [-0.2, 0) is 20.1 Å². The highest BCUT2D eigenvalue weighted by Crippen LogP contribution is 2.07. The van der Waals surface area contributed by atoms with Gasteiger partial charge < -0.3 is 10.4 Å². The number of hydrogen-bond acceptors (Lipinski definition) is 4. The molecule has 0 saturated carbocycles. The van der Waals surface area contributed by atoms with Gasteiger partial charge in [0.25, 0.3) is 5.91 Å². The number of carbonyl (C=O) groups excluding carboxylic acids is 1. The van der Waals surface area contributed by atoms with E-state index in [1.807, 2.05) is 6.92 Å². The number of amides is 1. The van der Waals surface area contributed by atoms with Crippen molar-refractivity contribution in [2.45, 2.75) is 20.0 Å². The van der Waals surface area contributed by atoms with Gasteiger partial charge in [-0.2, -0.15) is 10.2 Å². The summed E-state index contributed by atoms with van der Waals surface area (Å²) in [5, 5.41) is 19.6. The molecule has 1 amide bonds. The van der Waals surface area contributed by atoms with Gasteiger partial charge in [0, 0.05) is 26.0 Å². The molecule has 2 rings (SSSR count). The van der Waals surface area contributed by atoms with Crippen molar-refractivity contribution in [1.82, 2.24) is 24.9 Å². The molecule has 20 heavy (non-hydrogen) atoms. The quantitative estimate of drug-likeness (QED) is 0.816. The SMILES string of the molecule is CCn1nccc1CNC(=O)c1nn(C)cc1C(=O)O. The van der Waals surface area contributed by atoms with Crippen LogP contribution < -0.4 is 5.32 Å². The second-order valence-corrected chi connectivity index (χ2v) is 4.19. The highest BCUT2D eigenvalue weighted by atomic mass is 16.4. The average molecular weight is 277 g/mol. The number of hydrogen-bond donors (Lipinski definition) is 2. The van der Waals surface area contributed by atoms with Crippen molar-refractivity contribution in [3.63, 3.8) is 0 Å². The summed E-state index contributed by atoms with van der Waals surface area (Å²) in [6.07, 6.45) is 2.95. The van der Waals surface area contributed by atoms with Gasteiger partial charge in [0.2, 0.25) is 0 Å². The van der Waals surface area contributed by atoms with Gasteiger partial charge in [0.15, 0.2) is 5.69 Å². The number of aromatic nitrogens is 4. The van der Waals surface area contributed by atoms with Gasteiger partial charge in [0.1, 0.15) is 5.56 Å². The van der Waals surface area contributed by atoms with Crippen molar-refractivity contribution < 1.29 is 14.7 Å². The van der Waals surface area contributed by atoms with Crippen molar-refractivity contribution >= 4 is 11.9 Å². The second-order valence-electron chi connectivity index (χ2n) is 4.19. The number of nitrogens with one attached hydrogen (secondary N) is 1. The Morgan fingerprint density at radius 2 is 2.20 bits per heavy atom. The van der Waals surface area contributed by atoms with E-state index in [-0.39, 0.29) is 17.8 Å². The predicted molar refractivity (Wildman–Crippen MR) is 69.2 cm³/mol. The smallest absolute Gasteiger partial charge is 0.339 e. The van der Waals surface area contributed by atoms with E-state index in [4.69, 9.17) is 5.11 Å². The molecule has 0 unspecified atom stereocenters. The van der Waals surface area contributed by atoms with Crippen LogP contribution >= 0.6 is 0 Å². The summed E-state index contributed by atoms with van der Waals surface area (Å²) in [7, 11) is 1.56. The van der Waals surface area contributed by atoms with Gasteiger partial charge in [-0.1, -0.05) is 0 Å². The molecule has 106 valence electrons. The van der Waals surface area contributed by atoms with Crippen molar-refractivity contribution in [2.75, 3.05) is 0 Å². The van der Waals surface area contributed by atoms with Crippen LogP contribution in [-0.4, -0.2) is 36.5 Å². The molecule has 0 atom stereocenters. The molecule has 0 aliphatic carbocycles. The highest BCUT2D eigenvalue weighted by molar-refractivity contribution is 6.03. The molecule has 0 radical (unpaired) electrons. The van der Waals surface area contributed by atoms with E-state index in [0.29, 0.717) is 6.54 Å². The van der Waals surface area contributed by atoms with Crippen LogP contribution in [0, 0.1) is 0 Å². The van der Waals surface area contributed by atoms with Crippen molar-refractivity contribution in [2.24, 2.45) is 7.05 Å². The number of aryl methyl sites for hydroxylation is 2. The lowest BCUT2D eigenvalue weighted by Gasteiger charge is -2.06. The molecule has 8 nitrogen and oxygen atoms in total. The van der Waals surface area contributed by atoms with E-state index >= 15 is 0 Å². The fourth-order valence-corrected chi connectivity index (χ4v) is 1.86. The fraction of sp³-hybridized carbons (Fsp3) is 0.333. The summed E-state index contributed by atoms with van der Waals surface area (Å²) in [5.41, 5.74) is 0.630. The lowest BCUT2D eigenvalue weighted by Crippen LogP contribution is -2.26. The topological polar surface area (TPSA) is 102 Å². The van der Waals surface area contributed by atoms with Gasteiger partial charge in [-0.15, -0.1) is 0 Å². The van der Waals surface area contributed by atoms with Crippen LogP contribution in [0.3, 0.4) is 0 Å². The Morgan fingerprint density at radius 1 is 1.45 bits per heavy atom. The first-order valence-electron chi connectivity index (χ1n) is 6.08. The Kier molecular flexibility index (Phi) is 3.83. The minimum Gasteiger partial charge on any atom is -0.478 e. The minimum absolute atomic E-state index is 0.0948. The van der Waals surface area contributed by atoms with Crippen LogP contribution in [0.15, 0.2) is 18.5 Å². The normalized spacial score (nSPS) is 10.5. The Balaban J connectivity index is 2.11. The van der Waals surface area contributed by atoms with E-state index in [0.717, 1.165) is 5.69 Å². The van der Waals surface area contributed by atoms with E-state index in [2.05, 4.69) is 15.5 Å². The number of nitrogens with zero attached hydrogens (tertiary/aromatic N) is 4. The van der Waals surface area contributed by atoms with Gasteiger partial charge in [-0.05, 0) is 13.0 Å². The lowest BCUT2D eigenvalue weighted by atomic mass is 10.2. The number of carbonyl (C=O) groups is 2. The standard InChI is InChI=1S/C12H15N5O3/c1-3-17-8(4-5-14-17)6-13-11(18)10-9(12(19)20)7-16(2)15-10/h4-5,7H,3,6H2,1-2H3,(H,13,18)(H,19,20). The molecule has 0 aromatic carbocycles. The number of carboxylic acid groups (broad SMARTS) is 1. The first kappa shape index (κ1) is 13.8. The van der Waals surface area contributed by atoms with Crippen LogP contribution in [0.25, 0.3) is 0 Å². The first-order chi connectivity index (χ1) is 9.52. The van der Waals surface area contributed by atoms with Crippen LogP contribution in [0.5, 0.6) is 0 Å². The summed E-state index contributed by atoms with van der Waals surface area (Å²) < 4.78 is 3.05. The largest absolute Gasteiger partial charge is 0.478 e. The van der Waals surface area contributed by atoms with Crippen molar-refractivity contribution in [3.8, 4) is 0 Å². The highest BCUT2D eigenvalue weighted by Gasteiger charge is 2.20. The Bertz CT molecular complexity index is 643. The van der Waals surface area contributed by atoms with Gasteiger partial charge >= 0.3 is 5.97 Å². The Morgan fingerprint density at radius 3 is 2.85 bits per heavy atom. The summed E-state index contributed by atoms with van der Waals surface area (Å²) in [5.74, 6) is -1.70. The maximum atomic E-state index is 12.0. The molecule has 2 heterocycles. The maximum absolute atomic E-state index is 12.0. The third-order valence-electron chi connectivity index (χ3n) is 2.81. The zero-order valence-corrected chi connectivity index (χ0v) is 11.2. The van der Waals surface area contributed by atoms with Gasteiger partial charge in [0.05, 0.1) is 12.2 Å². The molecule has 2 N–H and O–H groups in total. The molecule has 2 aromatic heterocycles. The lowest BCUT2D eigenvalue weighted by molar-refractivity contribution is 0.0691. The molecule has 0 aliphatic rings. The second kappa shape index (κ2) is 5.55. The fourth-order valence-electron chi connectivity index (χ4n) is 1.86. The van der Waals surface area contributed by atoms with Crippen LogP contribution in [0.2, 0.25) is 0 Å². The van der Waals surface area contributed by atoms with Crippen LogP contribution in [0.4, 0.5) is 0 Å². The Hall–Kier alpha value is -2.64. The summed E-state index contributed by atoms with van der Waals surface area (Å²) >= 11 is 0. The van der Waals surface area contributed by atoms with Crippen LogP contribution in [0.1, 0.15) is 33.5 Å². The van der Waals surface area contributed by atoms with Crippen molar-refractivity contribution in [1.29, 1.82) is 0 Å². The molecule has 0 saturated heterocycles. The average Bonchev–Trinajstić information content (AvgIpc) is 3.01. The molecule has 0 spiro atoms. The Labute approximate surface area is 115 Å². The summed E-state index contributed by atoms with van der Waals surface area (Å²) in [6.45, 7) is 2.91. The third kappa shape index (κ3) is 2.68. The summed E-state index contributed by atoms with van der Waals surface area (Å²) in [6, 6.07) is 1.79. The molecule has 2 aromatic rings. The maximum Gasteiger partial charge on any atom is 0.339 e. The minimum atomic E-state index is -1.18. The van der Waals surface area contributed by atoms with E-state index < -0.39 is 11.9 Å². The number of aromatic carboxylic acids is 1. The molecular weight excluding hydrogens is 262 g/mol. The molecule has 8 heteroatoms.